The second-order valence-corrected chi connectivity index (χ2v) is 5.79. The van der Waals surface area contributed by atoms with E-state index >= 15 is 0 Å². The van der Waals surface area contributed by atoms with E-state index in [4.69, 9.17) is 4.74 Å². The third-order valence-corrected chi connectivity index (χ3v) is 3.62. The predicted octanol–water partition coefficient (Wildman–Crippen LogP) is 2.48. The van der Waals surface area contributed by atoms with Crippen LogP contribution in [0.3, 0.4) is 0 Å². The van der Waals surface area contributed by atoms with E-state index in [1.807, 2.05) is 12.3 Å². The van der Waals surface area contributed by atoms with Crippen LogP contribution in [0.5, 0.6) is 0 Å². The number of carbonyl (C=O) groups is 1. The minimum atomic E-state index is -0.171. The average Bonchev–Trinajstić information content (AvgIpc) is 2.75. The van der Waals surface area contributed by atoms with Crippen molar-refractivity contribution < 1.29 is 9.53 Å². The molecule has 0 bridgehead atoms. The standard InChI is InChI=1S/C13H23N3O2S/c1-9(2)7-11(12-15-10(3)8-19-12)16-13(17)14-5-6-18-4/h8-9,11H,5-7H2,1-4H3,(H2,14,16,17). The molecular formula is C13H23N3O2S. The fourth-order valence-corrected chi connectivity index (χ4v) is 2.56. The SMILES string of the molecule is COCCNC(=O)NC(CC(C)C)c1nc(C)cs1. The van der Waals surface area contributed by atoms with Crippen molar-refractivity contribution in [3.05, 3.63) is 16.1 Å². The molecule has 0 saturated carbocycles. The van der Waals surface area contributed by atoms with Gasteiger partial charge in [0.25, 0.3) is 0 Å². The van der Waals surface area contributed by atoms with Crippen LogP contribution in [0, 0.1) is 12.8 Å². The number of nitrogens with one attached hydrogen (secondary N) is 2. The maximum Gasteiger partial charge on any atom is 0.315 e. The predicted molar refractivity (Wildman–Crippen MR) is 77.5 cm³/mol. The highest BCUT2D eigenvalue weighted by atomic mass is 32.1. The number of amides is 2. The Labute approximate surface area is 118 Å². The molecule has 0 radical (unpaired) electrons. The molecule has 1 aromatic rings. The Kier molecular flexibility index (Phi) is 6.80. The van der Waals surface area contributed by atoms with Gasteiger partial charge in [0.2, 0.25) is 0 Å². The van der Waals surface area contributed by atoms with Gasteiger partial charge < -0.3 is 15.4 Å². The summed E-state index contributed by atoms with van der Waals surface area (Å²) in [5.74, 6) is 0.494. The molecule has 1 aromatic heterocycles. The Morgan fingerprint density at radius 3 is 2.79 bits per heavy atom. The second-order valence-electron chi connectivity index (χ2n) is 4.90. The number of thiazole rings is 1. The maximum atomic E-state index is 11.8. The van der Waals surface area contributed by atoms with Crippen molar-refractivity contribution in [1.82, 2.24) is 15.6 Å². The lowest BCUT2D eigenvalue weighted by Gasteiger charge is -2.19. The third kappa shape index (κ3) is 6.02. The molecule has 0 saturated heterocycles. The van der Waals surface area contributed by atoms with Gasteiger partial charge in [-0.15, -0.1) is 11.3 Å². The number of urea groups is 1. The lowest BCUT2D eigenvalue weighted by molar-refractivity contribution is 0.194. The van der Waals surface area contributed by atoms with Crippen molar-refractivity contribution in [1.29, 1.82) is 0 Å². The molecule has 0 aromatic carbocycles. The highest BCUT2D eigenvalue weighted by molar-refractivity contribution is 7.09. The number of carbonyl (C=O) groups excluding carboxylic acids is 1. The van der Waals surface area contributed by atoms with E-state index in [2.05, 4.69) is 29.5 Å². The smallest absolute Gasteiger partial charge is 0.315 e. The van der Waals surface area contributed by atoms with Gasteiger partial charge in [0, 0.05) is 24.7 Å². The van der Waals surface area contributed by atoms with Crippen LogP contribution in [0.2, 0.25) is 0 Å². The van der Waals surface area contributed by atoms with Crippen molar-refractivity contribution in [2.24, 2.45) is 5.92 Å². The van der Waals surface area contributed by atoms with Crippen LogP contribution in [0.25, 0.3) is 0 Å². The largest absolute Gasteiger partial charge is 0.383 e. The van der Waals surface area contributed by atoms with Crippen LogP contribution in [0.15, 0.2) is 5.38 Å². The molecule has 0 aliphatic heterocycles. The summed E-state index contributed by atoms with van der Waals surface area (Å²) in [6.07, 6.45) is 0.880. The van der Waals surface area contributed by atoms with Crippen LogP contribution >= 0.6 is 11.3 Å². The minimum absolute atomic E-state index is 0.0266. The van der Waals surface area contributed by atoms with Gasteiger partial charge >= 0.3 is 6.03 Å². The van der Waals surface area contributed by atoms with E-state index in [-0.39, 0.29) is 12.1 Å². The van der Waals surface area contributed by atoms with E-state index in [1.165, 1.54) is 0 Å². The molecule has 2 amide bonds. The van der Waals surface area contributed by atoms with E-state index in [0.717, 1.165) is 17.1 Å². The van der Waals surface area contributed by atoms with E-state index in [1.54, 1.807) is 18.4 Å². The summed E-state index contributed by atoms with van der Waals surface area (Å²) in [5, 5.41) is 8.72. The van der Waals surface area contributed by atoms with E-state index < -0.39 is 0 Å². The summed E-state index contributed by atoms with van der Waals surface area (Å²) < 4.78 is 4.90. The number of rotatable bonds is 7. The molecule has 19 heavy (non-hydrogen) atoms. The summed E-state index contributed by atoms with van der Waals surface area (Å²) in [4.78, 5) is 16.3. The van der Waals surface area contributed by atoms with Gasteiger partial charge in [0.05, 0.1) is 12.6 Å². The second kappa shape index (κ2) is 8.12. The molecule has 1 atom stereocenters. The zero-order valence-corrected chi connectivity index (χ0v) is 12.8. The van der Waals surface area contributed by atoms with Crippen LogP contribution in [-0.4, -0.2) is 31.3 Å². The first-order valence-corrected chi connectivity index (χ1v) is 7.36. The van der Waals surface area contributed by atoms with Crippen molar-refractivity contribution in [2.75, 3.05) is 20.3 Å². The Hall–Kier alpha value is -1.14. The fraction of sp³-hybridized carbons (Fsp3) is 0.692. The maximum absolute atomic E-state index is 11.8. The monoisotopic (exact) mass is 285 g/mol. The number of ether oxygens (including phenoxy) is 1. The zero-order valence-electron chi connectivity index (χ0n) is 12.0. The van der Waals surface area contributed by atoms with Gasteiger partial charge in [-0.05, 0) is 19.3 Å². The number of aromatic nitrogens is 1. The molecule has 5 nitrogen and oxygen atoms in total. The van der Waals surface area contributed by atoms with Crippen LogP contribution < -0.4 is 10.6 Å². The topological polar surface area (TPSA) is 63.2 Å². The Bertz CT molecular complexity index is 393. The molecule has 1 unspecified atom stereocenters. The summed E-state index contributed by atoms with van der Waals surface area (Å²) in [6.45, 7) is 7.26. The summed E-state index contributed by atoms with van der Waals surface area (Å²) >= 11 is 1.59. The van der Waals surface area contributed by atoms with Gasteiger partial charge in [-0.25, -0.2) is 9.78 Å². The molecule has 0 aliphatic rings. The van der Waals surface area contributed by atoms with Gasteiger partial charge in [-0.2, -0.15) is 0 Å². The molecular weight excluding hydrogens is 262 g/mol. The molecule has 108 valence electrons. The number of nitrogens with zero attached hydrogens (tertiary/aromatic N) is 1. The van der Waals surface area contributed by atoms with Gasteiger partial charge in [0.1, 0.15) is 5.01 Å². The van der Waals surface area contributed by atoms with E-state index in [9.17, 15) is 4.79 Å². The number of methoxy groups -OCH3 is 1. The minimum Gasteiger partial charge on any atom is -0.383 e. The van der Waals surface area contributed by atoms with Crippen molar-refractivity contribution in [3.63, 3.8) is 0 Å². The first-order chi connectivity index (χ1) is 9.02. The Morgan fingerprint density at radius 1 is 1.53 bits per heavy atom. The molecule has 0 aliphatic carbocycles. The van der Waals surface area contributed by atoms with Crippen LogP contribution in [0.4, 0.5) is 4.79 Å². The van der Waals surface area contributed by atoms with Crippen molar-refractivity contribution in [3.8, 4) is 0 Å². The molecule has 0 spiro atoms. The zero-order chi connectivity index (χ0) is 14.3. The molecule has 1 heterocycles. The van der Waals surface area contributed by atoms with Crippen molar-refractivity contribution in [2.45, 2.75) is 33.2 Å². The first kappa shape index (κ1) is 15.9. The summed E-state index contributed by atoms with van der Waals surface area (Å²) in [7, 11) is 1.61. The molecule has 0 fully saturated rings. The summed E-state index contributed by atoms with van der Waals surface area (Å²) in [6, 6.07) is -0.197. The molecule has 1 rings (SSSR count). The number of aryl methyl sites for hydroxylation is 1. The van der Waals surface area contributed by atoms with Crippen LogP contribution in [0.1, 0.15) is 37.0 Å². The quantitative estimate of drug-likeness (QED) is 0.757. The highest BCUT2D eigenvalue weighted by Crippen LogP contribution is 2.24. The lowest BCUT2D eigenvalue weighted by Crippen LogP contribution is -2.39. The normalized spacial score (nSPS) is 12.5. The fourth-order valence-electron chi connectivity index (χ4n) is 1.70. The van der Waals surface area contributed by atoms with E-state index in [0.29, 0.717) is 19.1 Å². The molecule has 6 heteroatoms. The Balaban J connectivity index is 2.57. The van der Waals surface area contributed by atoms with Crippen LogP contribution in [-0.2, 0) is 4.74 Å². The average molecular weight is 285 g/mol. The highest BCUT2D eigenvalue weighted by Gasteiger charge is 2.18. The van der Waals surface area contributed by atoms with Gasteiger partial charge in [-0.1, -0.05) is 13.8 Å². The molecule has 2 N–H and O–H groups in total. The first-order valence-electron chi connectivity index (χ1n) is 6.48. The van der Waals surface area contributed by atoms with Crippen molar-refractivity contribution >= 4 is 17.4 Å². The third-order valence-electron chi connectivity index (χ3n) is 2.54. The van der Waals surface area contributed by atoms with Gasteiger partial charge in [-0.3, -0.25) is 0 Å². The Morgan fingerprint density at radius 2 is 2.26 bits per heavy atom. The number of hydrogen-bond acceptors (Lipinski definition) is 4. The van der Waals surface area contributed by atoms with Gasteiger partial charge in [0.15, 0.2) is 0 Å². The summed E-state index contributed by atoms with van der Waals surface area (Å²) in [5.41, 5.74) is 0.996. The number of hydrogen-bond donors (Lipinski definition) is 2. The lowest BCUT2D eigenvalue weighted by atomic mass is 10.0.